The molecule has 5 heteroatoms. The van der Waals surface area contributed by atoms with E-state index in [9.17, 15) is 13.4 Å². The summed E-state index contributed by atoms with van der Waals surface area (Å²) in [6, 6.07) is 0. The number of hydrogen-bond acceptors (Lipinski definition) is 1. The van der Waals surface area contributed by atoms with E-state index in [2.05, 4.69) is 0 Å². The summed E-state index contributed by atoms with van der Waals surface area (Å²) < 4.78 is 28.5. The molecule has 0 saturated carbocycles. The van der Waals surface area contributed by atoms with Gasteiger partial charge < -0.3 is 0 Å². The molecule has 5 heavy (non-hydrogen) atoms. The summed E-state index contributed by atoms with van der Waals surface area (Å²) in [5.74, 6) is 0. The SMILES string of the molecule is FN(F)F.[Ar]. The van der Waals surface area contributed by atoms with Crippen LogP contribution in [0.2, 0.25) is 0 Å². The summed E-state index contributed by atoms with van der Waals surface area (Å²) in [4.78, 5) is 0. The maximum absolute atomic E-state index is 9.50. The smallest absolute Gasteiger partial charge is 0.0662 e. The Morgan fingerprint density at radius 1 is 1.00 bits per heavy atom. The minimum Gasteiger partial charge on any atom is -0.0662 e. The molecule has 0 bridgehead atoms. The number of hydrogen-bond donors (Lipinski definition) is 0. The summed E-state index contributed by atoms with van der Waals surface area (Å²) in [5, 5.41) is 0. The second-order valence-electron chi connectivity index (χ2n) is 0.192. The first-order valence-electron chi connectivity index (χ1n) is 0.507. The van der Waals surface area contributed by atoms with Gasteiger partial charge in [0.2, 0.25) is 0 Å². The molecule has 0 atom stereocenters. The van der Waals surface area contributed by atoms with Crippen molar-refractivity contribution in [3.05, 3.63) is 0 Å². The quantitative estimate of drug-likeness (QED) is 0.420. The minimum atomic E-state index is -2.50. The Kier molecular flexibility index (Phi) is 9.40. The molecule has 0 rings (SSSR count). The third-order valence-electron chi connectivity index (χ3n) is 0. The molecule has 0 aromatic heterocycles. The van der Waals surface area contributed by atoms with Gasteiger partial charge in [-0.05, 0) is 0 Å². The van der Waals surface area contributed by atoms with Crippen molar-refractivity contribution in [1.29, 1.82) is 0 Å². The van der Waals surface area contributed by atoms with E-state index in [1.807, 2.05) is 0 Å². The predicted octanol–water partition coefficient (Wildman–Crippen LogP) is 0.942. The first-order chi connectivity index (χ1) is 1.73. The topological polar surface area (TPSA) is 3.24 Å². The van der Waals surface area contributed by atoms with Gasteiger partial charge in [-0.2, -0.15) is 0 Å². The predicted molar refractivity (Wildman–Crippen MR) is 5.16 cm³/mol. The average Bonchev–Trinajstić information content (AvgIpc) is 0.811. The maximum atomic E-state index is 9.50. The van der Waals surface area contributed by atoms with Gasteiger partial charge in [-0.25, -0.2) is 0 Å². The molecule has 0 aromatic carbocycles. The van der Waals surface area contributed by atoms with Crippen LogP contribution in [0.4, 0.5) is 13.4 Å². The zero-order chi connectivity index (χ0) is 3.58. The van der Waals surface area contributed by atoms with Gasteiger partial charge in [0.05, 0.1) is 0 Å². The summed E-state index contributed by atoms with van der Waals surface area (Å²) in [5.41, 5.74) is -2.50. The molecular formula is ArF3N. The van der Waals surface area contributed by atoms with Crippen molar-refractivity contribution in [2.75, 3.05) is 0 Å². The van der Waals surface area contributed by atoms with Gasteiger partial charge in [0.1, 0.15) is 0 Å². The molecule has 1 nitrogen and oxygen atoms in total. The van der Waals surface area contributed by atoms with E-state index >= 15 is 0 Å². The summed E-state index contributed by atoms with van der Waals surface area (Å²) in [6.07, 6.45) is 0. The van der Waals surface area contributed by atoms with Crippen LogP contribution in [0.3, 0.4) is 0 Å². The van der Waals surface area contributed by atoms with E-state index in [1.54, 1.807) is 0 Å². The molecule has 0 saturated heterocycles. The van der Waals surface area contributed by atoms with Crippen LogP contribution in [0, 0.1) is 37.7 Å². The molecule has 34 valence electrons. The molecule has 0 N–H and O–H groups in total. The van der Waals surface area contributed by atoms with Crippen molar-refractivity contribution in [3.63, 3.8) is 0 Å². The van der Waals surface area contributed by atoms with Crippen LogP contribution >= 0.6 is 0 Å². The van der Waals surface area contributed by atoms with E-state index in [1.165, 1.54) is 0 Å². The van der Waals surface area contributed by atoms with Crippen molar-refractivity contribution >= 4 is 0 Å². The molecular weight excluding hydrogens is 111 g/mol. The van der Waals surface area contributed by atoms with Crippen LogP contribution < -0.4 is 0 Å². The third-order valence-corrected chi connectivity index (χ3v) is 0. The summed E-state index contributed by atoms with van der Waals surface area (Å²) in [6.45, 7) is 0. The van der Waals surface area contributed by atoms with Gasteiger partial charge in [0, 0.05) is 37.7 Å². The molecule has 0 heterocycles. The van der Waals surface area contributed by atoms with Crippen LogP contribution in [-0.2, 0) is 0 Å². The molecule has 0 spiro atoms. The van der Waals surface area contributed by atoms with Crippen LogP contribution in [0.5, 0.6) is 0 Å². The Hall–Kier alpha value is 1.01. The second kappa shape index (κ2) is 5.01. The van der Waals surface area contributed by atoms with Crippen molar-refractivity contribution in [3.8, 4) is 0 Å². The summed E-state index contributed by atoms with van der Waals surface area (Å²) >= 11 is 0. The Bertz CT molecular complexity index is 11.6. The molecule has 0 radical (unpaired) electrons. The first kappa shape index (κ1) is 9.38. The zero-order valence-electron chi connectivity index (χ0n) is 1.93. The number of halogens is 3. The minimum absolute atomic E-state index is 0. The van der Waals surface area contributed by atoms with Gasteiger partial charge >= 0.3 is 0 Å². The van der Waals surface area contributed by atoms with Crippen molar-refractivity contribution < 1.29 is 51.2 Å². The van der Waals surface area contributed by atoms with Crippen LogP contribution in [0.25, 0.3) is 0 Å². The molecule has 0 aliphatic heterocycles. The van der Waals surface area contributed by atoms with E-state index < -0.39 is 5.57 Å². The first-order valence-corrected chi connectivity index (χ1v) is 0.507. The van der Waals surface area contributed by atoms with Gasteiger partial charge in [0.25, 0.3) is 0 Å². The molecule has 0 aliphatic carbocycles. The Balaban J connectivity index is 0. The third kappa shape index (κ3) is 44.5. The van der Waals surface area contributed by atoms with E-state index in [4.69, 9.17) is 0 Å². The monoisotopic (exact) mass is 111 g/mol. The number of nitrogens with zero attached hydrogens (tertiary/aromatic N) is 1. The fourth-order valence-corrected chi connectivity index (χ4v) is 0. The Morgan fingerprint density at radius 3 is 1.00 bits per heavy atom. The van der Waals surface area contributed by atoms with Crippen molar-refractivity contribution in [1.82, 2.24) is 5.57 Å². The standard InChI is InChI=1S/Ar.F3N/c;1-4(2)3. The van der Waals surface area contributed by atoms with E-state index in [0.717, 1.165) is 0 Å². The molecule has 0 fully saturated rings. The van der Waals surface area contributed by atoms with Gasteiger partial charge in [-0.1, -0.05) is 13.4 Å². The van der Waals surface area contributed by atoms with E-state index in [0.29, 0.717) is 0 Å². The fraction of sp³-hybridized carbons (Fsp3) is 0. The van der Waals surface area contributed by atoms with Gasteiger partial charge in [0.15, 0.2) is 5.57 Å². The largest absolute Gasteiger partial charge is 0.199 e. The van der Waals surface area contributed by atoms with E-state index in [-0.39, 0.29) is 37.7 Å². The zero-order valence-corrected chi connectivity index (χ0v) is 2.64. The second-order valence-corrected chi connectivity index (χ2v) is 0.192. The van der Waals surface area contributed by atoms with Gasteiger partial charge in [-0.3, -0.25) is 0 Å². The molecule has 0 aromatic rings. The summed E-state index contributed by atoms with van der Waals surface area (Å²) in [7, 11) is 0. The Morgan fingerprint density at radius 2 is 1.00 bits per heavy atom. The number of rotatable bonds is 0. The average molecular weight is 111 g/mol. The van der Waals surface area contributed by atoms with Crippen LogP contribution in [0.15, 0.2) is 0 Å². The van der Waals surface area contributed by atoms with Crippen molar-refractivity contribution in [2.24, 2.45) is 0 Å². The van der Waals surface area contributed by atoms with Crippen LogP contribution in [-0.4, -0.2) is 5.57 Å². The Labute approximate surface area is 56.6 Å². The van der Waals surface area contributed by atoms with Crippen LogP contribution in [0.1, 0.15) is 0 Å². The molecule has 0 unspecified atom stereocenters. The maximum Gasteiger partial charge on any atom is 0.199 e. The van der Waals surface area contributed by atoms with Gasteiger partial charge in [-0.15, -0.1) is 0 Å². The normalized spacial score (nSPS) is 7.20. The molecule has 0 amide bonds. The molecule has 0 aliphatic rings. The van der Waals surface area contributed by atoms with Crippen molar-refractivity contribution in [2.45, 2.75) is 0 Å². The fourth-order valence-electron chi connectivity index (χ4n) is 0.